The van der Waals surface area contributed by atoms with Crippen LogP contribution in [-0.2, 0) is 11.2 Å². The molecular weight excluding hydrogens is 372 g/mol. The second-order valence-corrected chi connectivity index (χ2v) is 7.99. The molecule has 0 spiro atoms. The zero-order chi connectivity index (χ0) is 20.1. The Hall–Kier alpha value is -1.88. The number of hydrogen-bond donors (Lipinski definition) is 0. The highest BCUT2D eigenvalue weighted by Crippen LogP contribution is 2.29. The summed E-state index contributed by atoms with van der Waals surface area (Å²) in [5, 5.41) is 0.709. The first-order valence-electron chi connectivity index (χ1n) is 9.86. The summed E-state index contributed by atoms with van der Waals surface area (Å²) in [7, 11) is 3.97. The molecule has 150 valence electrons. The minimum Gasteiger partial charge on any atom is -0.378 e. The number of rotatable bonds is 7. The Morgan fingerprint density at radius 1 is 1.07 bits per heavy atom. The van der Waals surface area contributed by atoms with Crippen molar-refractivity contribution in [3.8, 4) is 0 Å². The molecule has 1 unspecified atom stereocenters. The number of carbonyl (C=O) groups excluding carboxylic acids is 1. The lowest BCUT2D eigenvalue weighted by Crippen LogP contribution is -2.52. The highest BCUT2D eigenvalue weighted by Gasteiger charge is 2.39. The van der Waals surface area contributed by atoms with E-state index in [1.807, 2.05) is 50.5 Å². The molecule has 4 nitrogen and oxygen atoms in total. The molecule has 1 aliphatic heterocycles. The number of morpholine rings is 1. The van der Waals surface area contributed by atoms with Crippen LogP contribution >= 0.6 is 11.6 Å². The Labute approximate surface area is 173 Å². The third kappa shape index (κ3) is 4.40. The molecular formula is C23H29ClN2O2. The van der Waals surface area contributed by atoms with Crippen LogP contribution in [-0.4, -0.2) is 56.6 Å². The van der Waals surface area contributed by atoms with Gasteiger partial charge in [0.15, 0.2) is 5.78 Å². The maximum atomic E-state index is 13.6. The third-order valence-electron chi connectivity index (χ3n) is 5.78. The van der Waals surface area contributed by atoms with Gasteiger partial charge in [0, 0.05) is 29.4 Å². The van der Waals surface area contributed by atoms with E-state index in [1.165, 1.54) is 0 Å². The minimum absolute atomic E-state index is 0.156. The Morgan fingerprint density at radius 3 is 2.21 bits per heavy atom. The lowest BCUT2D eigenvalue weighted by Gasteiger charge is -2.38. The van der Waals surface area contributed by atoms with E-state index < -0.39 is 5.54 Å². The third-order valence-corrected chi connectivity index (χ3v) is 6.03. The van der Waals surface area contributed by atoms with Crippen LogP contribution < -0.4 is 4.90 Å². The Kier molecular flexibility index (Phi) is 6.76. The molecule has 0 amide bonds. The maximum Gasteiger partial charge on any atom is 0.183 e. The molecule has 2 aromatic carbocycles. The normalized spacial score (nSPS) is 16.8. The van der Waals surface area contributed by atoms with E-state index in [0.717, 1.165) is 49.5 Å². The average molecular weight is 401 g/mol. The largest absolute Gasteiger partial charge is 0.378 e. The van der Waals surface area contributed by atoms with Crippen molar-refractivity contribution in [3.05, 3.63) is 64.7 Å². The predicted octanol–water partition coefficient (Wildman–Crippen LogP) is 4.31. The predicted molar refractivity (Wildman–Crippen MR) is 116 cm³/mol. The van der Waals surface area contributed by atoms with Crippen molar-refractivity contribution < 1.29 is 9.53 Å². The van der Waals surface area contributed by atoms with Crippen molar-refractivity contribution in [3.63, 3.8) is 0 Å². The first kappa shape index (κ1) is 20.8. The Morgan fingerprint density at radius 2 is 1.68 bits per heavy atom. The summed E-state index contributed by atoms with van der Waals surface area (Å²) in [4.78, 5) is 17.9. The van der Waals surface area contributed by atoms with Crippen LogP contribution in [0.15, 0.2) is 48.5 Å². The van der Waals surface area contributed by atoms with Crippen molar-refractivity contribution in [2.75, 3.05) is 45.3 Å². The molecule has 0 aromatic heterocycles. The number of ketones is 1. The van der Waals surface area contributed by atoms with Gasteiger partial charge in [0.25, 0.3) is 0 Å². The number of Topliss-reactive ketones (excluding diaryl/α,β-unsaturated/α-hetero) is 1. The van der Waals surface area contributed by atoms with Gasteiger partial charge in [-0.05, 0) is 68.9 Å². The number of benzene rings is 2. The van der Waals surface area contributed by atoms with Gasteiger partial charge in [-0.2, -0.15) is 0 Å². The van der Waals surface area contributed by atoms with E-state index >= 15 is 0 Å². The molecule has 2 aromatic rings. The summed E-state index contributed by atoms with van der Waals surface area (Å²) < 4.78 is 5.42. The zero-order valence-corrected chi connectivity index (χ0v) is 17.7. The van der Waals surface area contributed by atoms with Gasteiger partial charge in [-0.3, -0.25) is 9.69 Å². The number of nitrogens with zero attached hydrogens (tertiary/aromatic N) is 2. The standard InChI is InChI=1S/C23H29ClN2O2/c1-4-23(25(2)3,17-18-5-9-20(24)10-6-18)22(27)19-7-11-21(12-8-19)26-13-15-28-16-14-26/h5-12H,4,13-17H2,1-3H3. The number of hydrogen-bond acceptors (Lipinski definition) is 4. The topological polar surface area (TPSA) is 32.8 Å². The molecule has 28 heavy (non-hydrogen) atoms. The fourth-order valence-corrected chi connectivity index (χ4v) is 4.02. The van der Waals surface area contributed by atoms with Crippen molar-refractivity contribution in [2.45, 2.75) is 25.3 Å². The van der Waals surface area contributed by atoms with E-state index in [2.05, 4.69) is 28.9 Å². The fraction of sp³-hybridized carbons (Fsp3) is 0.435. The molecule has 0 radical (unpaired) electrons. The van der Waals surface area contributed by atoms with Gasteiger partial charge in [-0.25, -0.2) is 0 Å². The monoisotopic (exact) mass is 400 g/mol. The van der Waals surface area contributed by atoms with E-state index in [0.29, 0.717) is 11.4 Å². The van der Waals surface area contributed by atoms with Crippen molar-refractivity contribution >= 4 is 23.1 Å². The molecule has 1 atom stereocenters. The summed E-state index contributed by atoms with van der Waals surface area (Å²) >= 11 is 6.03. The van der Waals surface area contributed by atoms with Crippen molar-refractivity contribution in [1.82, 2.24) is 4.90 Å². The van der Waals surface area contributed by atoms with E-state index in [1.54, 1.807) is 0 Å². The second-order valence-electron chi connectivity index (χ2n) is 7.56. The van der Waals surface area contributed by atoms with Crippen LogP contribution in [0.5, 0.6) is 0 Å². The van der Waals surface area contributed by atoms with Gasteiger partial charge in [0.05, 0.1) is 18.8 Å². The van der Waals surface area contributed by atoms with Crippen LogP contribution in [0.2, 0.25) is 5.02 Å². The van der Waals surface area contributed by atoms with Crippen molar-refractivity contribution in [2.24, 2.45) is 0 Å². The van der Waals surface area contributed by atoms with E-state index in [-0.39, 0.29) is 5.78 Å². The summed E-state index contributed by atoms with van der Waals surface area (Å²) in [6.07, 6.45) is 1.38. The van der Waals surface area contributed by atoms with E-state index in [9.17, 15) is 4.79 Å². The average Bonchev–Trinajstić information content (AvgIpc) is 2.73. The number of halogens is 1. The molecule has 1 saturated heterocycles. The van der Waals surface area contributed by atoms with Crippen LogP contribution in [0, 0.1) is 0 Å². The van der Waals surface area contributed by atoms with Crippen LogP contribution in [0.3, 0.4) is 0 Å². The fourth-order valence-electron chi connectivity index (χ4n) is 3.90. The summed E-state index contributed by atoms with van der Waals surface area (Å²) in [5.41, 5.74) is 2.41. The SMILES string of the molecule is CCC(Cc1ccc(Cl)cc1)(C(=O)c1ccc(N2CCOCC2)cc1)N(C)C. The van der Waals surface area contributed by atoms with Crippen molar-refractivity contribution in [1.29, 1.82) is 0 Å². The van der Waals surface area contributed by atoms with Crippen LogP contribution in [0.1, 0.15) is 29.3 Å². The first-order valence-corrected chi connectivity index (χ1v) is 10.2. The zero-order valence-electron chi connectivity index (χ0n) is 17.0. The molecule has 3 rings (SSSR count). The quantitative estimate of drug-likeness (QED) is 0.648. The van der Waals surface area contributed by atoms with Crippen LogP contribution in [0.25, 0.3) is 0 Å². The highest BCUT2D eigenvalue weighted by molar-refractivity contribution is 6.30. The number of carbonyl (C=O) groups is 1. The molecule has 0 bridgehead atoms. The Bertz CT molecular complexity index is 783. The minimum atomic E-state index is -0.589. The molecule has 5 heteroatoms. The van der Waals surface area contributed by atoms with Gasteiger partial charge in [-0.1, -0.05) is 30.7 Å². The molecule has 1 aliphatic rings. The van der Waals surface area contributed by atoms with E-state index in [4.69, 9.17) is 16.3 Å². The molecule has 0 aliphatic carbocycles. The smallest absolute Gasteiger partial charge is 0.183 e. The highest BCUT2D eigenvalue weighted by atomic mass is 35.5. The molecule has 0 N–H and O–H groups in total. The molecule has 1 fully saturated rings. The van der Waals surface area contributed by atoms with Gasteiger partial charge in [0.2, 0.25) is 0 Å². The lowest BCUT2D eigenvalue weighted by atomic mass is 9.80. The lowest BCUT2D eigenvalue weighted by molar-refractivity contribution is 0.0666. The van der Waals surface area contributed by atoms with Gasteiger partial charge in [-0.15, -0.1) is 0 Å². The second kappa shape index (κ2) is 9.08. The summed E-state index contributed by atoms with van der Waals surface area (Å²) in [5.74, 6) is 0.156. The number of likely N-dealkylation sites (N-methyl/N-ethyl adjacent to an activating group) is 1. The number of anilines is 1. The summed E-state index contributed by atoms with van der Waals surface area (Å²) in [6, 6.07) is 15.8. The molecule has 0 saturated carbocycles. The van der Waals surface area contributed by atoms with Crippen LogP contribution in [0.4, 0.5) is 5.69 Å². The number of ether oxygens (including phenoxy) is 1. The maximum absolute atomic E-state index is 13.6. The van der Waals surface area contributed by atoms with Gasteiger partial charge in [0.1, 0.15) is 0 Å². The molecule has 1 heterocycles. The summed E-state index contributed by atoms with van der Waals surface area (Å²) in [6.45, 7) is 5.36. The first-order chi connectivity index (χ1) is 13.5. The Balaban J connectivity index is 1.85. The van der Waals surface area contributed by atoms with Gasteiger partial charge >= 0.3 is 0 Å². The van der Waals surface area contributed by atoms with Gasteiger partial charge < -0.3 is 9.64 Å².